The van der Waals surface area contributed by atoms with Crippen LogP contribution in [0.1, 0.15) is 25.5 Å². The quantitative estimate of drug-likeness (QED) is 0.851. The summed E-state index contributed by atoms with van der Waals surface area (Å²) in [5, 5.41) is 6.80. The van der Waals surface area contributed by atoms with E-state index in [4.69, 9.17) is 0 Å². The minimum Gasteiger partial charge on any atom is -0.305 e. The summed E-state index contributed by atoms with van der Waals surface area (Å²) >= 11 is 0. The minimum absolute atomic E-state index is 0.151. The summed E-state index contributed by atoms with van der Waals surface area (Å²) in [4.78, 5) is 2.58. The topological polar surface area (TPSA) is 66.1 Å². The van der Waals surface area contributed by atoms with E-state index in [2.05, 4.69) is 29.1 Å². The number of sulfone groups is 1. The molecule has 1 aromatic heterocycles. The summed E-state index contributed by atoms with van der Waals surface area (Å²) in [5.41, 5.74) is 0.605. The number of hydrogen-bond acceptors (Lipinski definition) is 4. The molecule has 0 amide bonds. The van der Waals surface area contributed by atoms with Gasteiger partial charge in [0.15, 0.2) is 9.84 Å². The average molecular weight is 257 g/mol. The monoisotopic (exact) mass is 257 g/mol. The predicted molar refractivity (Wildman–Crippen MR) is 65.8 cm³/mol. The van der Waals surface area contributed by atoms with Crippen LogP contribution in [0.3, 0.4) is 0 Å². The highest BCUT2D eigenvalue weighted by atomic mass is 32.2. The predicted octanol–water partition coefficient (Wildman–Crippen LogP) is 0.796. The third-order valence-electron chi connectivity index (χ3n) is 3.49. The standard InChI is InChI=1S/C11H19N3O2S/c1-11(5-4-6-14(2)8-11)10-9(7-12-13-10)17(3,15)16/h7H,4-6,8H2,1-3H3,(H,12,13)/t11-/m1/s1. The summed E-state index contributed by atoms with van der Waals surface area (Å²) in [6.07, 6.45) is 4.72. The number of likely N-dealkylation sites (tertiary alicyclic amines) is 1. The van der Waals surface area contributed by atoms with Crippen molar-refractivity contribution in [2.24, 2.45) is 0 Å². The summed E-state index contributed by atoms with van der Waals surface area (Å²) in [7, 11) is -1.14. The first-order valence-corrected chi connectivity index (χ1v) is 7.64. The van der Waals surface area contributed by atoms with Crippen molar-refractivity contribution in [1.82, 2.24) is 15.1 Å². The third kappa shape index (κ3) is 2.37. The van der Waals surface area contributed by atoms with Gasteiger partial charge in [0.05, 0.1) is 11.9 Å². The van der Waals surface area contributed by atoms with Crippen LogP contribution in [0.15, 0.2) is 11.1 Å². The first kappa shape index (κ1) is 12.6. The number of likely N-dealkylation sites (N-methyl/N-ethyl adjacent to an activating group) is 1. The van der Waals surface area contributed by atoms with E-state index < -0.39 is 9.84 Å². The second-order valence-electron chi connectivity index (χ2n) is 5.28. The van der Waals surface area contributed by atoms with Gasteiger partial charge in [0, 0.05) is 18.2 Å². The maximum absolute atomic E-state index is 11.7. The Labute approximate surface area is 102 Å². The van der Waals surface area contributed by atoms with Crippen LogP contribution < -0.4 is 0 Å². The van der Waals surface area contributed by atoms with Gasteiger partial charge in [-0.2, -0.15) is 5.10 Å². The second kappa shape index (κ2) is 4.10. The molecule has 0 spiro atoms. The molecule has 2 rings (SSSR count). The van der Waals surface area contributed by atoms with E-state index in [1.54, 1.807) is 0 Å². The third-order valence-corrected chi connectivity index (χ3v) is 4.60. The Morgan fingerprint density at radius 3 is 2.82 bits per heavy atom. The fourth-order valence-corrected chi connectivity index (χ4v) is 3.59. The van der Waals surface area contributed by atoms with Crippen LogP contribution >= 0.6 is 0 Å². The molecule has 0 aliphatic carbocycles. The van der Waals surface area contributed by atoms with E-state index in [0.29, 0.717) is 4.90 Å². The van der Waals surface area contributed by atoms with E-state index in [9.17, 15) is 8.42 Å². The Bertz CT molecular complexity index is 509. The van der Waals surface area contributed by atoms with Crippen molar-refractivity contribution >= 4 is 9.84 Å². The first-order valence-electron chi connectivity index (χ1n) is 5.75. The number of H-pyrrole nitrogens is 1. The zero-order valence-corrected chi connectivity index (χ0v) is 11.3. The smallest absolute Gasteiger partial charge is 0.178 e. The largest absolute Gasteiger partial charge is 0.305 e. The molecule has 1 fully saturated rings. The first-order chi connectivity index (χ1) is 7.83. The van der Waals surface area contributed by atoms with E-state index in [-0.39, 0.29) is 5.41 Å². The van der Waals surface area contributed by atoms with Gasteiger partial charge in [-0.15, -0.1) is 0 Å². The van der Waals surface area contributed by atoms with Crippen molar-refractivity contribution in [3.8, 4) is 0 Å². The molecule has 2 heterocycles. The Morgan fingerprint density at radius 2 is 2.24 bits per heavy atom. The van der Waals surface area contributed by atoms with Crippen molar-refractivity contribution in [2.45, 2.75) is 30.1 Å². The Balaban J connectivity index is 2.43. The van der Waals surface area contributed by atoms with Gasteiger partial charge in [0.25, 0.3) is 0 Å². The molecular formula is C11H19N3O2S. The lowest BCUT2D eigenvalue weighted by Gasteiger charge is -2.38. The SMILES string of the molecule is CN1CCC[C@@](C)(c2[nH]ncc2S(C)(=O)=O)C1. The fourth-order valence-electron chi connectivity index (χ4n) is 2.69. The zero-order valence-electron chi connectivity index (χ0n) is 10.5. The number of piperidine rings is 1. The van der Waals surface area contributed by atoms with Gasteiger partial charge in [0.1, 0.15) is 4.90 Å². The van der Waals surface area contributed by atoms with Crippen LogP contribution in [0.4, 0.5) is 0 Å². The molecule has 96 valence electrons. The normalized spacial score (nSPS) is 27.2. The van der Waals surface area contributed by atoms with Gasteiger partial charge in [-0.05, 0) is 26.4 Å². The molecule has 1 atom stereocenters. The maximum Gasteiger partial charge on any atom is 0.178 e. The second-order valence-corrected chi connectivity index (χ2v) is 7.27. The summed E-state index contributed by atoms with van der Waals surface area (Å²) < 4.78 is 23.4. The molecular weight excluding hydrogens is 238 g/mol. The molecule has 0 unspecified atom stereocenters. The molecule has 1 saturated heterocycles. The lowest BCUT2D eigenvalue weighted by atomic mass is 9.79. The molecule has 5 nitrogen and oxygen atoms in total. The molecule has 0 bridgehead atoms. The van der Waals surface area contributed by atoms with Crippen LogP contribution in [0.5, 0.6) is 0 Å². The summed E-state index contributed by atoms with van der Waals surface area (Å²) in [6, 6.07) is 0. The average Bonchev–Trinajstić information content (AvgIpc) is 2.64. The molecule has 1 aliphatic heterocycles. The fraction of sp³-hybridized carbons (Fsp3) is 0.727. The molecule has 17 heavy (non-hydrogen) atoms. The van der Waals surface area contributed by atoms with Crippen molar-refractivity contribution in [2.75, 3.05) is 26.4 Å². The van der Waals surface area contributed by atoms with Crippen molar-refractivity contribution in [3.05, 3.63) is 11.9 Å². The summed E-state index contributed by atoms with van der Waals surface area (Å²) in [5.74, 6) is 0. The lowest BCUT2D eigenvalue weighted by Crippen LogP contribution is -2.43. The highest BCUT2D eigenvalue weighted by Gasteiger charge is 2.36. The molecule has 0 radical (unpaired) electrons. The Hall–Kier alpha value is -0.880. The highest BCUT2D eigenvalue weighted by molar-refractivity contribution is 7.90. The maximum atomic E-state index is 11.7. The number of aromatic nitrogens is 2. The van der Waals surface area contributed by atoms with Crippen LogP contribution in [0, 0.1) is 0 Å². The zero-order chi connectivity index (χ0) is 12.7. The van der Waals surface area contributed by atoms with Crippen LogP contribution in [0.2, 0.25) is 0 Å². The van der Waals surface area contributed by atoms with Gasteiger partial charge < -0.3 is 4.90 Å². The van der Waals surface area contributed by atoms with Crippen LogP contribution in [0.25, 0.3) is 0 Å². The molecule has 1 N–H and O–H groups in total. The molecule has 0 aromatic carbocycles. The van der Waals surface area contributed by atoms with E-state index >= 15 is 0 Å². The summed E-state index contributed by atoms with van der Waals surface area (Å²) in [6.45, 7) is 4.03. The van der Waals surface area contributed by atoms with Crippen LogP contribution in [-0.2, 0) is 15.3 Å². The van der Waals surface area contributed by atoms with Gasteiger partial charge in [-0.1, -0.05) is 6.92 Å². The Kier molecular flexibility index (Phi) is 3.03. The highest BCUT2D eigenvalue weighted by Crippen LogP contribution is 2.35. The van der Waals surface area contributed by atoms with E-state index in [0.717, 1.165) is 31.6 Å². The van der Waals surface area contributed by atoms with Crippen molar-refractivity contribution in [3.63, 3.8) is 0 Å². The molecule has 1 aromatic rings. The van der Waals surface area contributed by atoms with Gasteiger partial charge in [0.2, 0.25) is 0 Å². The molecule has 0 saturated carbocycles. The van der Waals surface area contributed by atoms with Gasteiger partial charge in [-0.25, -0.2) is 8.42 Å². The lowest BCUT2D eigenvalue weighted by molar-refractivity contribution is 0.183. The molecule has 1 aliphatic rings. The van der Waals surface area contributed by atoms with Crippen molar-refractivity contribution < 1.29 is 8.42 Å². The number of nitrogens with one attached hydrogen (secondary N) is 1. The van der Waals surface area contributed by atoms with Gasteiger partial charge in [-0.3, -0.25) is 5.10 Å². The van der Waals surface area contributed by atoms with E-state index in [1.807, 2.05) is 0 Å². The number of hydrogen-bond donors (Lipinski definition) is 1. The number of rotatable bonds is 2. The van der Waals surface area contributed by atoms with Crippen molar-refractivity contribution in [1.29, 1.82) is 0 Å². The van der Waals surface area contributed by atoms with Crippen LogP contribution in [-0.4, -0.2) is 49.9 Å². The van der Waals surface area contributed by atoms with E-state index in [1.165, 1.54) is 12.5 Å². The number of nitrogens with zero attached hydrogens (tertiary/aromatic N) is 2. The molecule has 6 heteroatoms. The number of aromatic amines is 1. The Morgan fingerprint density at radius 1 is 1.53 bits per heavy atom. The van der Waals surface area contributed by atoms with Gasteiger partial charge >= 0.3 is 0 Å². The minimum atomic E-state index is -3.21.